The zero-order chi connectivity index (χ0) is 13.1. The molecule has 0 unspecified atom stereocenters. The molecule has 5 heteroatoms. The van der Waals surface area contributed by atoms with E-state index in [0.29, 0.717) is 23.5 Å². The fraction of sp³-hybridized carbons (Fsp3) is 0.231. The molecule has 0 radical (unpaired) electrons. The van der Waals surface area contributed by atoms with Gasteiger partial charge in [0.05, 0.1) is 0 Å². The Bertz CT molecular complexity index is 602. The van der Waals surface area contributed by atoms with Gasteiger partial charge >= 0.3 is 0 Å². The molecular weight excluding hydrogens is 238 g/mol. The van der Waals surface area contributed by atoms with Crippen molar-refractivity contribution in [1.82, 2.24) is 9.97 Å². The van der Waals surface area contributed by atoms with E-state index in [-0.39, 0.29) is 12.0 Å². The van der Waals surface area contributed by atoms with Crippen molar-refractivity contribution in [1.29, 1.82) is 0 Å². The van der Waals surface area contributed by atoms with Crippen molar-refractivity contribution in [2.24, 2.45) is 0 Å². The molecule has 18 heavy (non-hydrogen) atoms. The summed E-state index contributed by atoms with van der Waals surface area (Å²) in [4.78, 5) is 18.1. The molecule has 0 bridgehead atoms. The highest BCUT2D eigenvalue weighted by molar-refractivity contribution is 5.21. The first-order valence-corrected chi connectivity index (χ1v) is 5.61. The molecular formula is C13H12F2N2O. The van der Waals surface area contributed by atoms with Crippen molar-refractivity contribution in [3.05, 3.63) is 63.3 Å². The summed E-state index contributed by atoms with van der Waals surface area (Å²) in [5.41, 5.74) is 0.836. The van der Waals surface area contributed by atoms with E-state index in [1.54, 1.807) is 0 Å². The number of H-pyrrole nitrogens is 1. The SMILES string of the molecule is CCc1cc(=O)[nH]c(Cc2cc(F)cc(F)c2)n1. The first kappa shape index (κ1) is 12.4. The Balaban J connectivity index is 2.33. The van der Waals surface area contributed by atoms with Gasteiger partial charge in [-0.2, -0.15) is 0 Å². The summed E-state index contributed by atoms with van der Waals surface area (Å²) in [5.74, 6) is -0.873. The number of nitrogens with one attached hydrogen (secondary N) is 1. The fourth-order valence-corrected chi connectivity index (χ4v) is 1.73. The number of aromatic amines is 1. The largest absolute Gasteiger partial charge is 0.310 e. The van der Waals surface area contributed by atoms with Gasteiger partial charge in [0.15, 0.2) is 0 Å². The Labute approximate surface area is 103 Å². The smallest absolute Gasteiger partial charge is 0.251 e. The number of aryl methyl sites for hydroxylation is 1. The summed E-state index contributed by atoms with van der Waals surface area (Å²) in [6.07, 6.45) is 0.826. The van der Waals surface area contributed by atoms with Crippen LogP contribution in [0.3, 0.4) is 0 Å². The Kier molecular flexibility index (Phi) is 3.50. The third-order valence-electron chi connectivity index (χ3n) is 2.50. The third-order valence-corrected chi connectivity index (χ3v) is 2.50. The quantitative estimate of drug-likeness (QED) is 0.907. The van der Waals surface area contributed by atoms with Crippen LogP contribution in [-0.2, 0) is 12.8 Å². The number of hydrogen-bond acceptors (Lipinski definition) is 2. The molecule has 1 heterocycles. The van der Waals surface area contributed by atoms with E-state index < -0.39 is 11.6 Å². The first-order valence-electron chi connectivity index (χ1n) is 5.61. The molecule has 0 fully saturated rings. The minimum atomic E-state index is -0.640. The van der Waals surface area contributed by atoms with Gasteiger partial charge in [-0.25, -0.2) is 13.8 Å². The molecule has 0 aliphatic rings. The van der Waals surface area contributed by atoms with Crippen LogP contribution in [0.25, 0.3) is 0 Å². The summed E-state index contributed by atoms with van der Waals surface area (Å²) in [7, 11) is 0. The highest BCUT2D eigenvalue weighted by Gasteiger charge is 2.05. The predicted molar refractivity (Wildman–Crippen MR) is 63.4 cm³/mol. The average Bonchev–Trinajstić information content (AvgIpc) is 2.26. The van der Waals surface area contributed by atoms with E-state index in [1.807, 2.05) is 6.92 Å². The summed E-state index contributed by atoms with van der Waals surface area (Å²) >= 11 is 0. The van der Waals surface area contributed by atoms with E-state index in [9.17, 15) is 13.6 Å². The van der Waals surface area contributed by atoms with Gasteiger partial charge in [-0.15, -0.1) is 0 Å². The van der Waals surface area contributed by atoms with E-state index in [1.165, 1.54) is 18.2 Å². The maximum atomic E-state index is 13.0. The van der Waals surface area contributed by atoms with Gasteiger partial charge < -0.3 is 4.98 Å². The molecule has 1 N–H and O–H groups in total. The highest BCUT2D eigenvalue weighted by atomic mass is 19.1. The van der Waals surface area contributed by atoms with E-state index in [2.05, 4.69) is 9.97 Å². The summed E-state index contributed by atoms with van der Waals surface area (Å²) < 4.78 is 26.0. The fourth-order valence-electron chi connectivity index (χ4n) is 1.73. The molecule has 0 aliphatic heterocycles. The van der Waals surface area contributed by atoms with Crippen LogP contribution in [0.4, 0.5) is 8.78 Å². The van der Waals surface area contributed by atoms with E-state index >= 15 is 0 Å². The van der Waals surface area contributed by atoms with Crippen molar-refractivity contribution < 1.29 is 8.78 Å². The van der Waals surface area contributed by atoms with E-state index in [0.717, 1.165) is 6.07 Å². The summed E-state index contributed by atoms with van der Waals surface area (Å²) in [5, 5.41) is 0. The van der Waals surface area contributed by atoms with Gasteiger partial charge in [0, 0.05) is 24.2 Å². The van der Waals surface area contributed by atoms with Crippen LogP contribution in [-0.4, -0.2) is 9.97 Å². The van der Waals surface area contributed by atoms with Gasteiger partial charge in [-0.1, -0.05) is 6.92 Å². The molecule has 2 aromatic rings. The molecule has 0 spiro atoms. The molecule has 1 aromatic carbocycles. The van der Waals surface area contributed by atoms with Crippen molar-refractivity contribution in [2.45, 2.75) is 19.8 Å². The number of hydrogen-bond donors (Lipinski definition) is 1. The Morgan fingerprint density at radius 3 is 2.44 bits per heavy atom. The number of nitrogens with zero attached hydrogens (tertiary/aromatic N) is 1. The Hall–Kier alpha value is -2.04. The minimum absolute atomic E-state index is 0.192. The van der Waals surface area contributed by atoms with Crippen molar-refractivity contribution in [2.75, 3.05) is 0 Å². The van der Waals surface area contributed by atoms with E-state index in [4.69, 9.17) is 0 Å². The molecule has 0 saturated carbocycles. The van der Waals surface area contributed by atoms with Gasteiger partial charge in [0.25, 0.3) is 5.56 Å². The van der Waals surface area contributed by atoms with Crippen LogP contribution in [0.15, 0.2) is 29.1 Å². The maximum Gasteiger partial charge on any atom is 0.251 e. The number of benzene rings is 1. The molecule has 0 atom stereocenters. The second-order valence-electron chi connectivity index (χ2n) is 3.99. The van der Waals surface area contributed by atoms with Gasteiger partial charge in [0.1, 0.15) is 17.5 Å². The van der Waals surface area contributed by atoms with Crippen molar-refractivity contribution in [3.8, 4) is 0 Å². The van der Waals surface area contributed by atoms with Crippen LogP contribution in [0.2, 0.25) is 0 Å². The topological polar surface area (TPSA) is 45.8 Å². The molecule has 94 valence electrons. The zero-order valence-electron chi connectivity index (χ0n) is 9.84. The third kappa shape index (κ3) is 3.00. The number of aromatic nitrogens is 2. The van der Waals surface area contributed by atoms with Crippen LogP contribution in [0.5, 0.6) is 0 Å². The molecule has 0 aliphatic carbocycles. The van der Waals surface area contributed by atoms with Crippen LogP contribution in [0.1, 0.15) is 24.0 Å². The first-order chi connectivity index (χ1) is 8.56. The molecule has 2 rings (SSSR count). The summed E-state index contributed by atoms with van der Waals surface area (Å²) in [6.45, 7) is 1.88. The number of rotatable bonds is 3. The molecule has 0 saturated heterocycles. The molecule has 3 nitrogen and oxygen atoms in total. The zero-order valence-corrected chi connectivity index (χ0v) is 9.84. The van der Waals surface area contributed by atoms with Gasteiger partial charge in [0.2, 0.25) is 0 Å². The van der Waals surface area contributed by atoms with Crippen molar-refractivity contribution >= 4 is 0 Å². The lowest BCUT2D eigenvalue weighted by Gasteiger charge is -2.04. The normalized spacial score (nSPS) is 10.6. The second kappa shape index (κ2) is 5.08. The lowest BCUT2D eigenvalue weighted by molar-refractivity contribution is 0.580. The lowest BCUT2D eigenvalue weighted by Crippen LogP contribution is -2.12. The van der Waals surface area contributed by atoms with Gasteiger partial charge in [-0.3, -0.25) is 4.79 Å². The average molecular weight is 250 g/mol. The predicted octanol–water partition coefficient (Wildman–Crippen LogP) is 2.20. The number of halogens is 2. The molecule has 0 amide bonds. The van der Waals surface area contributed by atoms with Crippen LogP contribution < -0.4 is 5.56 Å². The Morgan fingerprint density at radius 2 is 1.83 bits per heavy atom. The lowest BCUT2D eigenvalue weighted by atomic mass is 10.1. The van der Waals surface area contributed by atoms with Gasteiger partial charge in [-0.05, 0) is 24.1 Å². The monoisotopic (exact) mass is 250 g/mol. The van der Waals surface area contributed by atoms with Crippen molar-refractivity contribution in [3.63, 3.8) is 0 Å². The maximum absolute atomic E-state index is 13.0. The summed E-state index contributed by atoms with van der Waals surface area (Å²) in [6, 6.07) is 4.67. The second-order valence-corrected chi connectivity index (χ2v) is 3.99. The Morgan fingerprint density at radius 1 is 1.17 bits per heavy atom. The van der Waals surface area contributed by atoms with Crippen LogP contribution in [0, 0.1) is 11.6 Å². The minimum Gasteiger partial charge on any atom is -0.310 e. The van der Waals surface area contributed by atoms with Crippen LogP contribution >= 0.6 is 0 Å². The molecule has 1 aromatic heterocycles. The standard InChI is InChI=1S/C13H12F2N2O/c1-2-11-7-13(18)17-12(16-11)5-8-3-9(14)6-10(15)4-8/h3-4,6-7H,2,5H2,1H3,(H,16,17,18). The highest BCUT2D eigenvalue weighted by Crippen LogP contribution is 2.10.